The van der Waals surface area contributed by atoms with Gasteiger partial charge in [0, 0.05) is 11.8 Å². The van der Waals surface area contributed by atoms with Crippen molar-refractivity contribution in [3.8, 4) is 0 Å². The molecule has 0 aliphatic carbocycles. The Labute approximate surface area is 153 Å². The van der Waals surface area contributed by atoms with E-state index in [-0.39, 0.29) is 23.8 Å². The van der Waals surface area contributed by atoms with Gasteiger partial charge < -0.3 is 9.47 Å². The number of sulfonamides is 1. The second-order valence-electron chi connectivity index (χ2n) is 5.55. The van der Waals surface area contributed by atoms with Gasteiger partial charge in [0.05, 0.1) is 7.11 Å². The Hall–Kier alpha value is -2.56. The number of hydrogen-bond donors (Lipinski definition) is 0. The number of allylic oxidation sites excluding steroid dienone is 1. The second-order valence-corrected chi connectivity index (χ2v) is 7.36. The van der Waals surface area contributed by atoms with Crippen LogP contribution in [0.3, 0.4) is 0 Å². The van der Waals surface area contributed by atoms with Crippen LogP contribution in [0.5, 0.6) is 0 Å². The second kappa shape index (κ2) is 7.99. The van der Waals surface area contributed by atoms with Gasteiger partial charge in [-0.05, 0) is 18.4 Å². The molecule has 0 saturated carbocycles. The summed E-state index contributed by atoms with van der Waals surface area (Å²) in [7, 11) is -4.96. The molecule has 0 N–H and O–H groups in total. The van der Waals surface area contributed by atoms with Gasteiger partial charge in [0.25, 0.3) is 0 Å². The molecule has 148 valence electrons. The molecule has 1 aromatic carbocycles. The quantitative estimate of drug-likeness (QED) is 0.549. The number of nitrogens with zero attached hydrogens (tertiary/aromatic N) is 1. The van der Waals surface area contributed by atoms with Crippen LogP contribution in [0.25, 0.3) is 0 Å². The third kappa shape index (κ3) is 4.59. The van der Waals surface area contributed by atoms with E-state index in [0.717, 1.165) is 7.11 Å². The zero-order valence-corrected chi connectivity index (χ0v) is 14.9. The van der Waals surface area contributed by atoms with E-state index < -0.39 is 39.2 Å². The lowest BCUT2D eigenvalue weighted by Gasteiger charge is -2.26. The summed E-state index contributed by atoms with van der Waals surface area (Å²) in [6, 6.07) is 6.80. The number of rotatable bonds is 5. The average molecular weight is 407 g/mol. The van der Waals surface area contributed by atoms with Crippen LogP contribution >= 0.6 is 0 Å². The summed E-state index contributed by atoms with van der Waals surface area (Å²) in [5, 5.41) is 0. The van der Waals surface area contributed by atoms with Crippen molar-refractivity contribution in [3.63, 3.8) is 0 Å². The SMILES string of the molecule is COC(=O)[C@@H]1CC/C(=C\C(=O)OCc2ccccc2)N1S(=O)(=O)C(F)(F)F. The van der Waals surface area contributed by atoms with Gasteiger partial charge in [-0.1, -0.05) is 30.3 Å². The van der Waals surface area contributed by atoms with Gasteiger partial charge in [-0.25, -0.2) is 9.59 Å². The highest BCUT2D eigenvalue weighted by Crippen LogP contribution is 2.38. The predicted molar refractivity (Wildman–Crippen MR) is 86.2 cm³/mol. The molecule has 1 saturated heterocycles. The number of hydrogen-bond acceptors (Lipinski definition) is 6. The van der Waals surface area contributed by atoms with Crippen molar-refractivity contribution in [3.05, 3.63) is 47.7 Å². The minimum atomic E-state index is -5.89. The number of ether oxygens (including phenoxy) is 2. The maximum Gasteiger partial charge on any atom is 0.516 e. The first kappa shape index (κ1) is 20.7. The van der Waals surface area contributed by atoms with Crippen molar-refractivity contribution in [1.82, 2.24) is 4.31 Å². The largest absolute Gasteiger partial charge is 0.516 e. The van der Waals surface area contributed by atoms with Gasteiger partial charge >= 0.3 is 27.5 Å². The first-order valence-electron chi connectivity index (χ1n) is 7.67. The molecule has 1 fully saturated rings. The van der Waals surface area contributed by atoms with Crippen molar-refractivity contribution in [1.29, 1.82) is 0 Å². The molecule has 2 rings (SSSR count). The van der Waals surface area contributed by atoms with E-state index in [1.807, 2.05) is 0 Å². The standard InChI is InChI=1S/C16H16F3NO6S/c1-25-15(22)13-8-7-12(20(13)27(23,24)16(17,18)19)9-14(21)26-10-11-5-3-2-4-6-11/h2-6,9,13H,7-8,10H2,1H3/b12-9+/t13-/m0/s1. The highest BCUT2D eigenvalue weighted by Gasteiger charge is 2.56. The first-order chi connectivity index (χ1) is 12.6. The zero-order valence-electron chi connectivity index (χ0n) is 14.1. The van der Waals surface area contributed by atoms with E-state index in [9.17, 15) is 31.2 Å². The number of carbonyl (C=O) groups is 2. The average Bonchev–Trinajstić information content (AvgIpc) is 3.03. The Bertz CT molecular complexity index is 835. The van der Waals surface area contributed by atoms with Crippen LogP contribution in [0, 0.1) is 0 Å². The van der Waals surface area contributed by atoms with Crippen molar-refractivity contribution < 1.29 is 40.7 Å². The molecule has 27 heavy (non-hydrogen) atoms. The molecular weight excluding hydrogens is 391 g/mol. The topological polar surface area (TPSA) is 90.0 Å². The minimum Gasteiger partial charge on any atom is -0.467 e. The van der Waals surface area contributed by atoms with Crippen molar-refractivity contribution >= 4 is 22.0 Å². The highest BCUT2D eigenvalue weighted by atomic mass is 32.2. The Morgan fingerprint density at radius 2 is 1.89 bits per heavy atom. The highest BCUT2D eigenvalue weighted by molar-refractivity contribution is 7.90. The molecule has 0 unspecified atom stereocenters. The van der Waals surface area contributed by atoms with E-state index >= 15 is 0 Å². The van der Waals surface area contributed by atoms with Crippen LogP contribution in [0.15, 0.2) is 42.1 Å². The van der Waals surface area contributed by atoms with Crippen molar-refractivity contribution in [2.45, 2.75) is 31.0 Å². The number of esters is 2. The number of carbonyl (C=O) groups excluding carboxylic acids is 2. The Morgan fingerprint density at radius 1 is 1.26 bits per heavy atom. The molecule has 0 radical (unpaired) electrons. The van der Waals surface area contributed by atoms with E-state index in [1.54, 1.807) is 30.3 Å². The Morgan fingerprint density at radius 3 is 2.44 bits per heavy atom. The van der Waals surface area contributed by atoms with E-state index in [2.05, 4.69) is 4.74 Å². The predicted octanol–water partition coefficient (Wildman–Crippen LogP) is 2.10. The third-order valence-corrected chi connectivity index (χ3v) is 5.37. The molecule has 7 nitrogen and oxygen atoms in total. The molecule has 0 bridgehead atoms. The zero-order chi connectivity index (χ0) is 20.2. The molecular formula is C16H16F3NO6S. The summed E-state index contributed by atoms with van der Waals surface area (Å²) in [6.45, 7) is -0.143. The summed E-state index contributed by atoms with van der Waals surface area (Å²) >= 11 is 0. The molecule has 0 amide bonds. The summed E-state index contributed by atoms with van der Waals surface area (Å²) in [4.78, 5) is 23.6. The van der Waals surface area contributed by atoms with Crippen molar-refractivity contribution in [2.75, 3.05) is 7.11 Å². The summed E-state index contributed by atoms with van der Waals surface area (Å²) in [5.74, 6) is -2.18. The van der Waals surface area contributed by atoms with Crippen LogP contribution in [0.1, 0.15) is 18.4 Å². The fourth-order valence-electron chi connectivity index (χ4n) is 2.54. The van der Waals surface area contributed by atoms with Gasteiger partial charge in [0.1, 0.15) is 12.6 Å². The van der Waals surface area contributed by atoms with Gasteiger partial charge in [-0.3, -0.25) is 4.31 Å². The summed E-state index contributed by atoms with van der Waals surface area (Å²) in [5.41, 5.74) is -5.49. The van der Waals surface area contributed by atoms with Crippen LogP contribution in [-0.2, 0) is 35.7 Å². The number of benzene rings is 1. The number of halogens is 3. The van der Waals surface area contributed by atoms with E-state index in [0.29, 0.717) is 11.6 Å². The third-order valence-electron chi connectivity index (χ3n) is 3.77. The summed E-state index contributed by atoms with van der Waals surface area (Å²) in [6.07, 6.45) is 0.157. The van der Waals surface area contributed by atoms with Crippen LogP contribution < -0.4 is 0 Å². The monoisotopic (exact) mass is 407 g/mol. The fourth-order valence-corrected chi connectivity index (χ4v) is 3.74. The van der Waals surface area contributed by atoms with Gasteiger partial charge in [0.15, 0.2) is 0 Å². The lowest BCUT2D eigenvalue weighted by atomic mass is 10.2. The maximum atomic E-state index is 13.0. The van der Waals surface area contributed by atoms with Crippen LogP contribution in [0.2, 0.25) is 0 Å². The molecule has 11 heteroatoms. The van der Waals surface area contributed by atoms with Crippen LogP contribution in [-0.4, -0.2) is 43.3 Å². The fraction of sp³-hybridized carbons (Fsp3) is 0.375. The van der Waals surface area contributed by atoms with Gasteiger partial charge in [-0.15, -0.1) is 0 Å². The van der Waals surface area contributed by atoms with Gasteiger partial charge in [0.2, 0.25) is 0 Å². The molecule has 1 atom stereocenters. The number of alkyl halides is 3. The lowest BCUT2D eigenvalue weighted by Crippen LogP contribution is -2.46. The first-order valence-corrected chi connectivity index (χ1v) is 9.11. The molecule has 1 aromatic rings. The van der Waals surface area contributed by atoms with E-state index in [1.165, 1.54) is 0 Å². The van der Waals surface area contributed by atoms with E-state index in [4.69, 9.17) is 4.74 Å². The van der Waals surface area contributed by atoms with Gasteiger partial charge in [-0.2, -0.15) is 21.6 Å². The smallest absolute Gasteiger partial charge is 0.467 e. The van der Waals surface area contributed by atoms with Crippen molar-refractivity contribution in [2.24, 2.45) is 0 Å². The number of methoxy groups -OCH3 is 1. The lowest BCUT2D eigenvalue weighted by molar-refractivity contribution is -0.144. The Kier molecular flexibility index (Phi) is 6.14. The molecule has 1 heterocycles. The normalized spacial score (nSPS) is 19.2. The maximum absolute atomic E-state index is 13.0. The summed E-state index contributed by atoms with van der Waals surface area (Å²) < 4.78 is 71.8. The molecule has 0 spiro atoms. The molecule has 1 aliphatic heterocycles. The molecule has 1 aliphatic rings. The minimum absolute atomic E-state index is 0.109. The molecule has 0 aromatic heterocycles. The van der Waals surface area contributed by atoms with Crippen LogP contribution in [0.4, 0.5) is 13.2 Å². The Balaban J connectivity index is 2.26.